The summed E-state index contributed by atoms with van der Waals surface area (Å²) in [5.41, 5.74) is 0. The van der Waals surface area contributed by atoms with E-state index in [9.17, 15) is 0 Å². The zero-order valence-corrected chi connectivity index (χ0v) is 23.6. The first kappa shape index (κ1) is 34.8. The molecule has 128 valence electrons. The van der Waals surface area contributed by atoms with Gasteiger partial charge >= 0.3 is 19.5 Å². The van der Waals surface area contributed by atoms with Crippen molar-refractivity contribution in [1.82, 2.24) is 0 Å². The summed E-state index contributed by atoms with van der Waals surface area (Å²) in [7, 11) is 0. The van der Waals surface area contributed by atoms with E-state index in [1.54, 1.807) is 0 Å². The Morgan fingerprint density at radius 3 is 0.857 bits per heavy atom. The normalized spacial score (nSPS) is 9.71. The quantitative estimate of drug-likeness (QED) is 0.116. The minimum Gasteiger partial charge on any atom is -1.00 e. The fourth-order valence-electron chi connectivity index (χ4n) is 2.64. The number of halogens is 3. The van der Waals surface area contributed by atoms with E-state index in [4.69, 9.17) is 0 Å². The van der Waals surface area contributed by atoms with Crippen molar-refractivity contribution in [1.29, 1.82) is 0 Å². The van der Waals surface area contributed by atoms with E-state index in [1.807, 2.05) is 0 Å². The summed E-state index contributed by atoms with van der Waals surface area (Å²) < 4.78 is 1.42. The predicted molar refractivity (Wildman–Crippen MR) is 79.4 cm³/mol. The number of quaternary nitrogens is 1. The molecule has 0 aromatic carbocycles. The molecule has 0 spiro atoms. The van der Waals surface area contributed by atoms with Crippen molar-refractivity contribution in [2.45, 2.75) is 79.1 Å². The zero-order valence-electron chi connectivity index (χ0n) is 14.8. The standard InChI is InChI=1S/C16H36N.BrH.2HI.Zn/c1-5-9-13-17(14-10-6-2,15-11-7-3)16-12-8-4;;;;/h5-16H2,1-4H3;3*1H;/q+1;;;;+2/p-3. The molecule has 1 nitrogen and oxygen atoms in total. The predicted octanol–water partition coefficient (Wildman–Crippen LogP) is -3.99. The van der Waals surface area contributed by atoms with E-state index in [0.717, 1.165) is 0 Å². The Labute approximate surface area is 192 Å². The molecule has 0 rings (SSSR count). The van der Waals surface area contributed by atoms with Crippen molar-refractivity contribution >= 4 is 0 Å². The van der Waals surface area contributed by atoms with E-state index in [2.05, 4.69) is 27.7 Å². The van der Waals surface area contributed by atoms with Gasteiger partial charge in [0.15, 0.2) is 0 Å². The van der Waals surface area contributed by atoms with Crippen molar-refractivity contribution in [3.8, 4) is 0 Å². The third kappa shape index (κ3) is 18.7. The van der Waals surface area contributed by atoms with E-state index in [1.165, 1.54) is 82.0 Å². The van der Waals surface area contributed by atoms with Gasteiger partial charge in [-0.1, -0.05) is 53.4 Å². The topological polar surface area (TPSA) is 0 Å². The molecule has 21 heavy (non-hydrogen) atoms. The molecule has 0 N–H and O–H groups in total. The summed E-state index contributed by atoms with van der Waals surface area (Å²) in [6.07, 6.45) is 11.1. The van der Waals surface area contributed by atoms with Crippen LogP contribution in [0, 0.1) is 0 Å². The molecular formula is C16H36BrI2NZn. The van der Waals surface area contributed by atoms with Crippen LogP contribution < -0.4 is 64.9 Å². The molecule has 0 saturated carbocycles. The molecule has 0 aliphatic rings. The second-order valence-corrected chi connectivity index (χ2v) is 5.65. The van der Waals surface area contributed by atoms with Gasteiger partial charge < -0.3 is 69.4 Å². The van der Waals surface area contributed by atoms with Crippen LogP contribution in [0.3, 0.4) is 0 Å². The molecule has 0 aliphatic carbocycles. The molecule has 0 unspecified atom stereocenters. The van der Waals surface area contributed by atoms with Gasteiger partial charge in [-0.3, -0.25) is 0 Å². The molecule has 0 aromatic heterocycles. The Kier molecular flexibility index (Phi) is 41.0. The molecule has 0 bridgehead atoms. The fourth-order valence-corrected chi connectivity index (χ4v) is 2.64. The molecule has 0 amide bonds. The van der Waals surface area contributed by atoms with Crippen LogP contribution in [0.15, 0.2) is 0 Å². The average Bonchev–Trinajstić information content (AvgIpc) is 2.37. The summed E-state index contributed by atoms with van der Waals surface area (Å²) >= 11 is 0. The molecule has 0 fully saturated rings. The van der Waals surface area contributed by atoms with Crippen LogP contribution in [0.4, 0.5) is 0 Å². The monoisotopic (exact) mass is 639 g/mol. The second-order valence-electron chi connectivity index (χ2n) is 5.65. The maximum absolute atomic E-state index is 2.33. The van der Waals surface area contributed by atoms with Crippen molar-refractivity contribution in [2.75, 3.05) is 26.2 Å². The number of rotatable bonds is 12. The van der Waals surface area contributed by atoms with Crippen molar-refractivity contribution < 1.29 is 88.9 Å². The van der Waals surface area contributed by atoms with Gasteiger partial charge in [-0.2, -0.15) is 0 Å². The minimum atomic E-state index is 0. The van der Waals surface area contributed by atoms with E-state index < -0.39 is 0 Å². The third-order valence-corrected chi connectivity index (χ3v) is 3.94. The van der Waals surface area contributed by atoms with Gasteiger partial charge in [0.25, 0.3) is 0 Å². The summed E-state index contributed by atoms with van der Waals surface area (Å²) in [6, 6.07) is 0. The van der Waals surface area contributed by atoms with E-state index in [-0.39, 0.29) is 84.4 Å². The third-order valence-electron chi connectivity index (χ3n) is 3.94. The smallest absolute Gasteiger partial charge is 1.00 e. The Hall–Kier alpha value is 2.52. The zero-order chi connectivity index (χ0) is 13.0. The van der Waals surface area contributed by atoms with Crippen molar-refractivity contribution in [2.24, 2.45) is 0 Å². The Morgan fingerprint density at radius 1 is 0.524 bits per heavy atom. The molecule has 0 aliphatic heterocycles. The largest absolute Gasteiger partial charge is 2.00 e. The summed E-state index contributed by atoms with van der Waals surface area (Å²) in [5, 5.41) is 0. The fraction of sp³-hybridized carbons (Fsp3) is 1.00. The molecule has 0 radical (unpaired) electrons. The number of nitrogens with zero attached hydrogens (tertiary/aromatic N) is 1. The van der Waals surface area contributed by atoms with Gasteiger partial charge in [-0.15, -0.1) is 0 Å². The SMILES string of the molecule is CCCC[N+](CCCC)(CCCC)CCCC.[Br-].[I-].[I-].[Zn+2]. The van der Waals surface area contributed by atoms with Gasteiger partial charge in [0, 0.05) is 0 Å². The van der Waals surface area contributed by atoms with Crippen LogP contribution in [-0.2, 0) is 19.5 Å². The summed E-state index contributed by atoms with van der Waals surface area (Å²) in [6.45, 7) is 15.0. The van der Waals surface area contributed by atoms with Crippen LogP contribution in [-0.4, -0.2) is 30.7 Å². The Morgan fingerprint density at radius 2 is 0.714 bits per heavy atom. The van der Waals surface area contributed by atoms with Gasteiger partial charge in [-0.25, -0.2) is 0 Å². The van der Waals surface area contributed by atoms with Crippen LogP contribution in [0.2, 0.25) is 0 Å². The minimum absolute atomic E-state index is 0. The van der Waals surface area contributed by atoms with Gasteiger partial charge in [0.05, 0.1) is 26.2 Å². The Balaban J connectivity index is -0.000000213. The Bertz CT molecular complexity index is 137. The summed E-state index contributed by atoms with van der Waals surface area (Å²) in [4.78, 5) is 0. The summed E-state index contributed by atoms with van der Waals surface area (Å²) in [5.74, 6) is 0. The van der Waals surface area contributed by atoms with Crippen molar-refractivity contribution in [3.63, 3.8) is 0 Å². The molecule has 5 heteroatoms. The first-order valence-electron chi connectivity index (χ1n) is 8.09. The van der Waals surface area contributed by atoms with Crippen LogP contribution >= 0.6 is 0 Å². The van der Waals surface area contributed by atoms with Crippen LogP contribution in [0.25, 0.3) is 0 Å². The number of hydrogen-bond donors (Lipinski definition) is 0. The van der Waals surface area contributed by atoms with Gasteiger partial charge in [-0.05, 0) is 25.7 Å². The second kappa shape index (κ2) is 24.8. The average molecular weight is 642 g/mol. The van der Waals surface area contributed by atoms with Crippen LogP contribution in [0.1, 0.15) is 79.1 Å². The molecule has 0 aromatic rings. The van der Waals surface area contributed by atoms with Crippen LogP contribution in [0.5, 0.6) is 0 Å². The molecule has 0 atom stereocenters. The first-order valence-corrected chi connectivity index (χ1v) is 8.09. The molecule has 0 heterocycles. The van der Waals surface area contributed by atoms with E-state index >= 15 is 0 Å². The van der Waals surface area contributed by atoms with Gasteiger partial charge in [0.2, 0.25) is 0 Å². The van der Waals surface area contributed by atoms with E-state index in [0.29, 0.717) is 0 Å². The van der Waals surface area contributed by atoms with Gasteiger partial charge in [0.1, 0.15) is 0 Å². The molecule has 0 saturated heterocycles. The first-order chi connectivity index (χ1) is 8.24. The number of unbranched alkanes of at least 4 members (excludes halogenated alkanes) is 4. The number of hydrogen-bond acceptors (Lipinski definition) is 0. The maximum atomic E-state index is 2.33. The maximum Gasteiger partial charge on any atom is 2.00 e. The van der Waals surface area contributed by atoms with Crippen molar-refractivity contribution in [3.05, 3.63) is 0 Å². The molecular weight excluding hydrogens is 605 g/mol.